The maximum absolute atomic E-state index is 14.8. The number of amides is 1. The second-order valence-corrected chi connectivity index (χ2v) is 8.17. The molecule has 0 aliphatic carbocycles. The van der Waals surface area contributed by atoms with Crippen LogP contribution in [0.4, 0.5) is 4.39 Å². The Morgan fingerprint density at radius 1 is 1.26 bits per heavy atom. The molecule has 2 N–H and O–H groups in total. The molecule has 0 radical (unpaired) electrons. The van der Waals surface area contributed by atoms with Crippen molar-refractivity contribution >= 4 is 16.9 Å². The quantitative estimate of drug-likeness (QED) is 0.483. The molecule has 2 aromatic heterocycles. The number of hydrogen-bond donors (Lipinski definition) is 2. The van der Waals surface area contributed by atoms with Gasteiger partial charge in [-0.15, -0.1) is 0 Å². The van der Waals surface area contributed by atoms with Gasteiger partial charge in [0.15, 0.2) is 5.82 Å². The summed E-state index contributed by atoms with van der Waals surface area (Å²) in [6.45, 7) is 1.99. The van der Waals surface area contributed by atoms with Gasteiger partial charge in [0.05, 0.1) is 17.1 Å². The summed E-state index contributed by atoms with van der Waals surface area (Å²) in [5.41, 5.74) is 3.99. The third-order valence-corrected chi connectivity index (χ3v) is 6.02. The highest BCUT2D eigenvalue weighted by atomic mass is 19.1. The van der Waals surface area contributed by atoms with E-state index in [0.29, 0.717) is 41.8 Å². The first kappa shape index (κ1) is 21.5. The van der Waals surface area contributed by atoms with E-state index in [1.807, 2.05) is 24.3 Å². The molecule has 10 heteroatoms. The number of aromatic nitrogens is 4. The number of nitrogens with one attached hydrogen (secondary N) is 1. The first-order chi connectivity index (χ1) is 16.4. The Kier molecular flexibility index (Phi) is 5.18. The number of halogens is 1. The number of carbonyl (C=O) groups excluding carboxylic acids is 1. The van der Waals surface area contributed by atoms with Crippen LogP contribution in [0.3, 0.4) is 0 Å². The molecule has 5 rings (SSSR count). The van der Waals surface area contributed by atoms with E-state index in [9.17, 15) is 19.1 Å². The molecule has 0 spiro atoms. The second-order valence-electron chi connectivity index (χ2n) is 8.17. The van der Waals surface area contributed by atoms with Gasteiger partial charge in [-0.2, -0.15) is 20.1 Å². The van der Waals surface area contributed by atoms with Crippen molar-refractivity contribution in [1.82, 2.24) is 24.9 Å². The highest BCUT2D eigenvalue weighted by Crippen LogP contribution is 2.29. The van der Waals surface area contributed by atoms with Crippen LogP contribution >= 0.6 is 0 Å². The number of aliphatic hydroxyl groups is 1. The number of nitrogens with zero attached hydrogens (tertiary/aromatic N) is 5. The van der Waals surface area contributed by atoms with E-state index in [1.165, 1.54) is 12.1 Å². The number of aliphatic hydroxyl groups excluding tert-OH is 1. The van der Waals surface area contributed by atoms with Crippen molar-refractivity contribution in [2.24, 2.45) is 0 Å². The molecular weight excluding hydrogens is 439 g/mol. The van der Waals surface area contributed by atoms with Crippen molar-refractivity contribution in [2.45, 2.75) is 19.9 Å². The Hall–Kier alpha value is -4.36. The van der Waals surface area contributed by atoms with E-state index in [1.54, 1.807) is 11.8 Å². The Bertz CT molecular complexity index is 1540. The zero-order valence-corrected chi connectivity index (χ0v) is 18.2. The van der Waals surface area contributed by atoms with Gasteiger partial charge >= 0.3 is 0 Å². The van der Waals surface area contributed by atoms with Gasteiger partial charge in [0.1, 0.15) is 23.5 Å². The zero-order valence-electron chi connectivity index (χ0n) is 18.2. The number of benzene rings is 2. The van der Waals surface area contributed by atoms with Gasteiger partial charge in [0.2, 0.25) is 5.91 Å². The Labute approximate surface area is 192 Å². The number of fused-ring (bicyclic) bond motifs is 2. The van der Waals surface area contributed by atoms with Crippen LogP contribution in [0.1, 0.15) is 22.3 Å². The van der Waals surface area contributed by atoms with Crippen molar-refractivity contribution in [2.75, 3.05) is 13.2 Å². The Balaban J connectivity index is 1.62. The SMILES string of the molecule is Cc1cc(C#N)cc(F)c1-n1nc2c(-c3ccc4c(c3)CN(C(=O)CO)CC4)n[nH]c2cc1=O. The molecule has 9 nitrogen and oxygen atoms in total. The standard InChI is InChI=1S/C24H19FN6O3/c1-13-6-14(10-26)7-18(25)24(13)31-20(33)9-19-23(29-31)22(28-27-19)16-3-2-15-4-5-30(21(34)12-32)11-17(15)8-16/h2-3,6-9,27,32H,4-5,11-12H2,1H3. The van der Waals surface area contributed by atoms with Crippen LogP contribution in [-0.2, 0) is 17.8 Å². The van der Waals surface area contributed by atoms with Gasteiger partial charge < -0.3 is 10.0 Å². The largest absolute Gasteiger partial charge is 0.387 e. The molecule has 0 atom stereocenters. The predicted octanol–water partition coefficient (Wildman–Crippen LogP) is 1.97. The van der Waals surface area contributed by atoms with Crippen LogP contribution in [0.25, 0.3) is 28.0 Å². The smallest absolute Gasteiger partial charge is 0.273 e. The van der Waals surface area contributed by atoms with Gasteiger partial charge in [-0.05, 0) is 48.2 Å². The second kappa shape index (κ2) is 8.20. The van der Waals surface area contributed by atoms with Crippen LogP contribution in [0.5, 0.6) is 0 Å². The molecule has 4 aromatic rings. The van der Waals surface area contributed by atoms with Crippen LogP contribution in [-0.4, -0.2) is 49.0 Å². The average molecular weight is 458 g/mol. The number of carbonyl (C=O) groups is 1. The van der Waals surface area contributed by atoms with E-state index in [-0.39, 0.29) is 17.2 Å². The normalized spacial score (nSPS) is 13.1. The summed E-state index contributed by atoms with van der Waals surface area (Å²) in [4.78, 5) is 26.3. The fourth-order valence-corrected chi connectivity index (χ4v) is 4.33. The lowest BCUT2D eigenvalue weighted by Gasteiger charge is -2.28. The first-order valence-corrected chi connectivity index (χ1v) is 10.6. The molecule has 34 heavy (non-hydrogen) atoms. The Morgan fingerprint density at radius 3 is 2.82 bits per heavy atom. The fourth-order valence-electron chi connectivity index (χ4n) is 4.33. The van der Waals surface area contributed by atoms with Crippen molar-refractivity contribution in [3.8, 4) is 23.0 Å². The number of hydrogen-bond acceptors (Lipinski definition) is 6. The van der Waals surface area contributed by atoms with E-state index in [0.717, 1.165) is 27.4 Å². The minimum absolute atomic E-state index is 0.0263. The zero-order chi connectivity index (χ0) is 24.0. The highest BCUT2D eigenvalue weighted by molar-refractivity contribution is 5.89. The van der Waals surface area contributed by atoms with Gasteiger partial charge in [0, 0.05) is 24.7 Å². The van der Waals surface area contributed by atoms with Crippen molar-refractivity contribution in [3.63, 3.8) is 0 Å². The minimum atomic E-state index is -0.724. The van der Waals surface area contributed by atoms with Gasteiger partial charge in [0.25, 0.3) is 5.56 Å². The summed E-state index contributed by atoms with van der Waals surface area (Å²) in [5.74, 6) is -1.05. The third kappa shape index (κ3) is 3.52. The first-order valence-electron chi connectivity index (χ1n) is 10.6. The molecule has 0 saturated heterocycles. The monoisotopic (exact) mass is 458 g/mol. The van der Waals surface area contributed by atoms with Crippen molar-refractivity contribution < 1.29 is 14.3 Å². The molecule has 3 heterocycles. The van der Waals surface area contributed by atoms with Crippen molar-refractivity contribution in [1.29, 1.82) is 5.26 Å². The molecule has 0 unspecified atom stereocenters. The summed E-state index contributed by atoms with van der Waals surface area (Å²) in [6, 6.07) is 11.5. The lowest BCUT2D eigenvalue weighted by molar-refractivity contribution is -0.135. The number of rotatable bonds is 3. The number of H-pyrrole nitrogens is 1. The van der Waals surface area contributed by atoms with Crippen LogP contribution in [0.15, 0.2) is 41.2 Å². The third-order valence-electron chi connectivity index (χ3n) is 6.02. The molecule has 0 saturated carbocycles. The Morgan fingerprint density at radius 2 is 2.09 bits per heavy atom. The summed E-state index contributed by atoms with van der Waals surface area (Å²) >= 11 is 0. The topological polar surface area (TPSA) is 128 Å². The summed E-state index contributed by atoms with van der Waals surface area (Å²) < 4.78 is 15.8. The van der Waals surface area contributed by atoms with E-state index in [4.69, 9.17) is 5.26 Å². The average Bonchev–Trinajstić information content (AvgIpc) is 3.24. The highest BCUT2D eigenvalue weighted by Gasteiger charge is 2.22. The van der Waals surface area contributed by atoms with E-state index >= 15 is 0 Å². The van der Waals surface area contributed by atoms with Crippen LogP contribution < -0.4 is 5.56 Å². The lowest BCUT2D eigenvalue weighted by Crippen LogP contribution is -2.37. The van der Waals surface area contributed by atoms with E-state index < -0.39 is 18.0 Å². The maximum atomic E-state index is 14.8. The van der Waals surface area contributed by atoms with Gasteiger partial charge in [-0.25, -0.2) is 4.39 Å². The molecule has 170 valence electrons. The molecular formula is C24H19FN6O3. The maximum Gasteiger partial charge on any atom is 0.273 e. The molecule has 0 bridgehead atoms. The molecule has 1 aliphatic heterocycles. The summed E-state index contributed by atoms with van der Waals surface area (Å²) in [5, 5.41) is 29.8. The van der Waals surface area contributed by atoms with Crippen LogP contribution in [0, 0.1) is 24.1 Å². The van der Waals surface area contributed by atoms with Gasteiger partial charge in [-0.3, -0.25) is 14.7 Å². The fraction of sp³-hybridized carbons (Fsp3) is 0.208. The summed E-state index contributed by atoms with van der Waals surface area (Å²) in [6.07, 6.45) is 0.678. The number of nitriles is 1. The summed E-state index contributed by atoms with van der Waals surface area (Å²) in [7, 11) is 0. The molecule has 2 aromatic carbocycles. The molecule has 0 fully saturated rings. The minimum Gasteiger partial charge on any atom is -0.387 e. The molecule has 1 amide bonds. The van der Waals surface area contributed by atoms with Crippen molar-refractivity contribution in [3.05, 3.63) is 74.8 Å². The molecule has 1 aliphatic rings. The van der Waals surface area contributed by atoms with Crippen LogP contribution in [0.2, 0.25) is 0 Å². The van der Waals surface area contributed by atoms with Gasteiger partial charge in [-0.1, -0.05) is 12.1 Å². The number of aryl methyl sites for hydroxylation is 1. The number of aromatic amines is 1. The lowest BCUT2D eigenvalue weighted by atomic mass is 9.96. The van der Waals surface area contributed by atoms with E-state index in [2.05, 4.69) is 15.3 Å². The predicted molar refractivity (Wildman–Crippen MR) is 121 cm³/mol.